The minimum absolute atomic E-state index is 0.0000367. The zero-order chi connectivity index (χ0) is 15.5. The first-order valence-corrected chi connectivity index (χ1v) is 7.37. The molecule has 3 aromatic rings. The number of aromatic nitrogens is 2. The van der Waals surface area contributed by atoms with Crippen molar-refractivity contribution < 1.29 is 4.92 Å². The van der Waals surface area contributed by atoms with Gasteiger partial charge in [-0.3, -0.25) is 14.9 Å². The van der Waals surface area contributed by atoms with Crippen molar-refractivity contribution in [3.63, 3.8) is 0 Å². The Hall–Kier alpha value is -2.80. The molecule has 2 heterocycles. The second-order valence-electron chi connectivity index (χ2n) is 4.62. The third-order valence-electron chi connectivity index (χ3n) is 3.09. The van der Waals surface area contributed by atoms with Gasteiger partial charge in [0.25, 0.3) is 11.2 Å². The molecule has 0 aliphatic heterocycles. The van der Waals surface area contributed by atoms with Crippen LogP contribution in [0, 0.1) is 10.1 Å². The highest BCUT2D eigenvalue weighted by atomic mass is 32.1. The molecule has 0 spiro atoms. The van der Waals surface area contributed by atoms with E-state index in [9.17, 15) is 14.9 Å². The van der Waals surface area contributed by atoms with Crippen molar-refractivity contribution in [2.24, 2.45) is 0 Å². The van der Waals surface area contributed by atoms with Gasteiger partial charge in [-0.15, -0.1) is 11.3 Å². The molecule has 3 rings (SSSR count). The molecule has 0 aliphatic rings. The average Bonchev–Trinajstić information content (AvgIpc) is 3.04. The summed E-state index contributed by atoms with van der Waals surface area (Å²) in [6, 6.07) is 13.2. The molecule has 0 saturated carbocycles. The number of non-ortho nitro benzene ring substituents is 1. The molecule has 0 radical (unpaired) electrons. The van der Waals surface area contributed by atoms with E-state index in [1.165, 1.54) is 34.2 Å². The summed E-state index contributed by atoms with van der Waals surface area (Å²) in [6.45, 7) is 0.194. The third kappa shape index (κ3) is 2.94. The lowest BCUT2D eigenvalue weighted by molar-refractivity contribution is -0.384. The van der Waals surface area contributed by atoms with E-state index in [2.05, 4.69) is 5.10 Å². The number of hydrogen-bond acceptors (Lipinski definition) is 5. The van der Waals surface area contributed by atoms with Gasteiger partial charge in [-0.25, -0.2) is 4.68 Å². The van der Waals surface area contributed by atoms with E-state index < -0.39 is 4.92 Å². The summed E-state index contributed by atoms with van der Waals surface area (Å²) in [4.78, 5) is 23.2. The molecule has 1 aromatic carbocycles. The van der Waals surface area contributed by atoms with Gasteiger partial charge in [0.1, 0.15) is 5.69 Å². The van der Waals surface area contributed by atoms with Crippen molar-refractivity contribution in [1.29, 1.82) is 0 Å². The van der Waals surface area contributed by atoms with Gasteiger partial charge in [-0.2, -0.15) is 5.10 Å². The minimum Gasteiger partial charge on any atom is -0.268 e. The molecule has 22 heavy (non-hydrogen) atoms. The van der Waals surface area contributed by atoms with Crippen molar-refractivity contribution in [2.75, 3.05) is 0 Å². The normalized spacial score (nSPS) is 10.5. The maximum atomic E-state index is 11.9. The van der Waals surface area contributed by atoms with Gasteiger partial charge in [-0.05, 0) is 23.1 Å². The maximum Gasteiger partial charge on any atom is 0.269 e. The highest BCUT2D eigenvalue weighted by Gasteiger charge is 2.08. The lowest BCUT2D eigenvalue weighted by atomic mass is 10.2. The van der Waals surface area contributed by atoms with Crippen LogP contribution in [-0.4, -0.2) is 14.7 Å². The van der Waals surface area contributed by atoms with Crippen LogP contribution in [0.25, 0.3) is 10.6 Å². The Labute approximate surface area is 129 Å². The molecule has 0 fully saturated rings. The smallest absolute Gasteiger partial charge is 0.268 e. The highest BCUT2D eigenvalue weighted by Crippen LogP contribution is 2.21. The summed E-state index contributed by atoms with van der Waals surface area (Å²) in [7, 11) is 0. The van der Waals surface area contributed by atoms with Crippen molar-refractivity contribution >= 4 is 17.0 Å². The van der Waals surface area contributed by atoms with E-state index in [0.717, 1.165) is 4.88 Å². The van der Waals surface area contributed by atoms with Gasteiger partial charge in [0.15, 0.2) is 0 Å². The zero-order valence-electron chi connectivity index (χ0n) is 11.4. The van der Waals surface area contributed by atoms with Crippen LogP contribution in [0.5, 0.6) is 0 Å². The average molecular weight is 313 g/mol. The highest BCUT2D eigenvalue weighted by molar-refractivity contribution is 7.13. The lowest BCUT2D eigenvalue weighted by Crippen LogP contribution is -2.22. The predicted molar refractivity (Wildman–Crippen MR) is 84.0 cm³/mol. The summed E-state index contributed by atoms with van der Waals surface area (Å²) >= 11 is 1.54. The van der Waals surface area contributed by atoms with Crippen molar-refractivity contribution in [2.45, 2.75) is 6.54 Å². The molecular weight excluding hydrogens is 302 g/mol. The third-order valence-corrected chi connectivity index (χ3v) is 3.99. The second kappa shape index (κ2) is 5.90. The van der Waals surface area contributed by atoms with Crippen LogP contribution in [0.2, 0.25) is 0 Å². The topological polar surface area (TPSA) is 78.0 Å². The number of benzene rings is 1. The summed E-state index contributed by atoms with van der Waals surface area (Å²) in [5.41, 5.74) is 1.12. The molecule has 0 unspecified atom stereocenters. The number of nitro benzene ring substituents is 1. The largest absolute Gasteiger partial charge is 0.269 e. The molecule has 0 atom stereocenters. The minimum atomic E-state index is -0.457. The van der Waals surface area contributed by atoms with Crippen LogP contribution in [-0.2, 0) is 6.54 Å². The number of rotatable bonds is 4. The van der Waals surface area contributed by atoms with Crippen LogP contribution >= 0.6 is 11.3 Å². The molecule has 2 aromatic heterocycles. The molecule has 110 valence electrons. The van der Waals surface area contributed by atoms with Gasteiger partial charge in [0.2, 0.25) is 0 Å². The quantitative estimate of drug-likeness (QED) is 0.548. The fraction of sp³-hybridized carbons (Fsp3) is 0.0667. The van der Waals surface area contributed by atoms with Crippen molar-refractivity contribution in [1.82, 2.24) is 9.78 Å². The fourth-order valence-corrected chi connectivity index (χ4v) is 2.75. The van der Waals surface area contributed by atoms with E-state index in [4.69, 9.17) is 0 Å². The second-order valence-corrected chi connectivity index (χ2v) is 5.57. The Morgan fingerprint density at radius 1 is 1.18 bits per heavy atom. The summed E-state index contributed by atoms with van der Waals surface area (Å²) in [6.07, 6.45) is 0. The molecule has 0 saturated heterocycles. The van der Waals surface area contributed by atoms with Gasteiger partial charge in [0.05, 0.1) is 16.3 Å². The van der Waals surface area contributed by atoms with Crippen LogP contribution < -0.4 is 5.56 Å². The fourth-order valence-electron chi connectivity index (χ4n) is 2.06. The first kappa shape index (κ1) is 14.2. The standard InChI is InChI=1S/C15H11N3O3S/c19-15-7-6-13(14-5-2-8-22-14)16-17(15)10-11-3-1-4-12(9-11)18(20)21/h1-9H,10H2. The first-order chi connectivity index (χ1) is 10.6. The summed E-state index contributed by atoms with van der Waals surface area (Å²) in [5.74, 6) is 0. The number of thiophene rings is 1. The molecular formula is C15H11N3O3S. The Balaban J connectivity index is 1.95. The van der Waals surface area contributed by atoms with E-state index >= 15 is 0 Å². The van der Waals surface area contributed by atoms with Crippen LogP contribution in [0.1, 0.15) is 5.56 Å². The number of hydrogen-bond donors (Lipinski definition) is 0. The zero-order valence-corrected chi connectivity index (χ0v) is 12.2. The molecule has 0 aliphatic carbocycles. The molecule has 6 nitrogen and oxygen atoms in total. The Kier molecular flexibility index (Phi) is 3.80. The SMILES string of the molecule is O=c1ccc(-c2cccs2)nn1Cc1cccc([N+](=O)[O-])c1. The summed E-state index contributed by atoms with van der Waals surface area (Å²) < 4.78 is 1.31. The van der Waals surface area contributed by atoms with E-state index in [1.807, 2.05) is 17.5 Å². The Morgan fingerprint density at radius 3 is 2.77 bits per heavy atom. The number of nitrogens with zero attached hydrogens (tertiary/aromatic N) is 3. The van der Waals surface area contributed by atoms with E-state index in [0.29, 0.717) is 11.3 Å². The lowest BCUT2D eigenvalue weighted by Gasteiger charge is -2.06. The van der Waals surface area contributed by atoms with Gasteiger partial charge < -0.3 is 0 Å². The molecule has 0 N–H and O–H groups in total. The van der Waals surface area contributed by atoms with Gasteiger partial charge in [-0.1, -0.05) is 18.2 Å². The van der Waals surface area contributed by atoms with Crippen LogP contribution in [0.4, 0.5) is 5.69 Å². The van der Waals surface area contributed by atoms with Gasteiger partial charge >= 0.3 is 0 Å². The monoisotopic (exact) mass is 313 g/mol. The Bertz CT molecular complexity index is 872. The van der Waals surface area contributed by atoms with Gasteiger partial charge in [0, 0.05) is 18.2 Å². The first-order valence-electron chi connectivity index (χ1n) is 6.49. The van der Waals surface area contributed by atoms with Crippen LogP contribution in [0.15, 0.2) is 58.7 Å². The summed E-state index contributed by atoms with van der Waals surface area (Å²) in [5, 5.41) is 17.1. The van der Waals surface area contributed by atoms with E-state index in [-0.39, 0.29) is 17.8 Å². The maximum absolute atomic E-state index is 11.9. The molecule has 0 bridgehead atoms. The molecule has 7 heteroatoms. The number of nitro groups is 1. The van der Waals surface area contributed by atoms with E-state index in [1.54, 1.807) is 18.2 Å². The Morgan fingerprint density at radius 2 is 2.05 bits per heavy atom. The van der Waals surface area contributed by atoms with Crippen molar-refractivity contribution in [3.05, 3.63) is 79.9 Å². The van der Waals surface area contributed by atoms with Crippen molar-refractivity contribution in [3.8, 4) is 10.6 Å². The predicted octanol–water partition coefficient (Wildman–Crippen LogP) is 2.93. The molecule has 0 amide bonds. The van der Waals surface area contributed by atoms with Crippen LogP contribution in [0.3, 0.4) is 0 Å².